The number of rotatable bonds is 5. The molecule has 0 unspecified atom stereocenters. The zero-order valence-electron chi connectivity index (χ0n) is 16.3. The molecular weight excluding hydrogens is 378 g/mol. The van der Waals surface area contributed by atoms with E-state index in [1.54, 1.807) is 19.9 Å². The van der Waals surface area contributed by atoms with Gasteiger partial charge in [-0.1, -0.05) is 58.0 Å². The molecule has 0 bridgehead atoms. The standard InChI is InChI=1S/C22H24F6/c1-14(2)12-16-6-5-7-18(19(16)22(26,27)28)20(3,4)13-15-8-10-17(11-9-15)21(23,24)25/h5-11,14H,12-13H2,1-4H3. The van der Waals surface area contributed by atoms with Crippen molar-refractivity contribution in [2.24, 2.45) is 5.92 Å². The molecule has 0 aliphatic rings. The third-order valence-corrected chi connectivity index (χ3v) is 4.72. The number of hydrogen-bond acceptors (Lipinski definition) is 0. The lowest BCUT2D eigenvalue weighted by Gasteiger charge is -2.30. The van der Waals surface area contributed by atoms with Crippen LogP contribution < -0.4 is 0 Å². The van der Waals surface area contributed by atoms with Gasteiger partial charge in [-0.2, -0.15) is 26.3 Å². The van der Waals surface area contributed by atoms with Crippen LogP contribution in [0.2, 0.25) is 0 Å². The molecule has 0 aliphatic carbocycles. The molecule has 0 saturated heterocycles. The van der Waals surface area contributed by atoms with E-state index in [1.807, 2.05) is 13.8 Å². The fourth-order valence-corrected chi connectivity index (χ4v) is 3.53. The highest BCUT2D eigenvalue weighted by atomic mass is 19.4. The van der Waals surface area contributed by atoms with Crippen LogP contribution in [0.3, 0.4) is 0 Å². The molecule has 0 aliphatic heterocycles. The van der Waals surface area contributed by atoms with Crippen LogP contribution in [0.1, 0.15) is 55.5 Å². The molecule has 0 heterocycles. The Balaban J connectivity index is 2.44. The van der Waals surface area contributed by atoms with E-state index < -0.39 is 28.9 Å². The Kier molecular flexibility index (Phi) is 6.22. The van der Waals surface area contributed by atoms with Crippen LogP contribution in [0.15, 0.2) is 42.5 Å². The lowest BCUT2D eigenvalue weighted by atomic mass is 9.75. The first-order valence-corrected chi connectivity index (χ1v) is 9.07. The summed E-state index contributed by atoms with van der Waals surface area (Å²) in [5.74, 6) is 0.0642. The van der Waals surface area contributed by atoms with Gasteiger partial charge in [0.1, 0.15) is 0 Å². The van der Waals surface area contributed by atoms with Crippen molar-refractivity contribution in [3.63, 3.8) is 0 Å². The molecule has 2 aromatic carbocycles. The third-order valence-electron chi connectivity index (χ3n) is 4.72. The van der Waals surface area contributed by atoms with Crippen LogP contribution in [-0.2, 0) is 30.6 Å². The molecule has 2 aromatic rings. The van der Waals surface area contributed by atoms with Crippen molar-refractivity contribution in [1.29, 1.82) is 0 Å². The summed E-state index contributed by atoms with van der Waals surface area (Å²) < 4.78 is 79.9. The summed E-state index contributed by atoms with van der Waals surface area (Å²) in [6.07, 6.45) is -8.45. The fourth-order valence-electron chi connectivity index (χ4n) is 3.53. The molecule has 6 heteroatoms. The third kappa shape index (κ3) is 5.30. The molecule has 28 heavy (non-hydrogen) atoms. The maximum atomic E-state index is 13.9. The van der Waals surface area contributed by atoms with E-state index in [2.05, 4.69) is 0 Å². The van der Waals surface area contributed by atoms with E-state index in [0.29, 0.717) is 12.0 Å². The molecule has 0 atom stereocenters. The Bertz CT molecular complexity index is 795. The monoisotopic (exact) mass is 402 g/mol. The topological polar surface area (TPSA) is 0 Å². The number of benzene rings is 2. The predicted octanol–water partition coefficient (Wildman–Crippen LogP) is 7.44. The summed E-state index contributed by atoms with van der Waals surface area (Å²) in [4.78, 5) is 0. The van der Waals surface area contributed by atoms with Gasteiger partial charge >= 0.3 is 12.4 Å². The summed E-state index contributed by atoms with van der Waals surface area (Å²) in [5.41, 5.74) is -1.33. The van der Waals surface area contributed by atoms with Crippen molar-refractivity contribution in [2.75, 3.05) is 0 Å². The first kappa shape index (κ1) is 22.3. The molecule has 0 aromatic heterocycles. The van der Waals surface area contributed by atoms with Crippen molar-refractivity contribution in [1.82, 2.24) is 0 Å². The molecule has 0 nitrogen and oxygen atoms in total. The molecule has 0 radical (unpaired) electrons. The Morgan fingerprint density at radius 3 is 1.82 bits per heavy atom. The van der Waals surface area contributed by atoms with Crippen LogP contribution in [0.4, 0.5) is 26.3 Å². The summed E-state index contributed by atoms with van der Waals surface area (Å²) in [6, 6.07) is 9.18. The maximum Gasteiger partial charge on any atom is 0.416 e. The van der Waals surface area contributed by atoms with E-state index in [-0.39, 0.29) is 23.5 Å². The van der Waals surface area contributed by atoms with Gasteiger partial charge < -0.3 is 0 Å². The van der Waals surface area contributed by atoms with E-state index in [4.69, 9.17) is 0 Å². The van der Waals surface area contributed by atoms with E-state index in [1.165, 1.54) is 24.3 Å². The normalized spacial score (nSPS) is 13.2. The van der Waals surface area contributed by atoms with Crippen LogP contribution in [0.25, 0.3) is 0 Å². The summed E-state index contributed by atoms with van der Waals surface area (Å²) in [5, 5.41) is 0. The second-order valence-electron chi connectivity index (χ2n) is 8.19. The second kappa shape index (κ2) is 7.80. The molecule has 0 saturated carbocycles. The van der Waals surface area contributed by atoms with Gasteiger partial charge in [0.05, 0.1) is 11.1 Å². The largest absolute Gasteiger partial charge is 0.416 e. The van der Waals surface area contributed by atoms with Gasteiger partial charge in [-0.3, -0.25) is 0 Å². The van der Waals surface area contributed by atoms with E-state index >= 15 is 0 Å². The first-order valence-electron chi connectivity index (χ1n) is 9.07. The quantitative estimate of drug-likeness (QED) is 0.456. The second-order valence-corrected chi connectivity index (χ2v) is 8.19. The van der Waals surface area contributed by atoms with E-state index in [0.717, 1.165) is 12.1 Å². The molecule has 0 amide bonds. The van der Waals surface area contributed by atoms with Gasteiger partial charge in [0.15, 0.2) is 0 Å². The SMILES string of the molecule is CC(C)Cc1cccc(C(C)(C)Cc2ccc(C(F)(F)F)cc2)c1C(F)(F)F. The van der Waals surface area contributed by atoms with Crippen molar-refractivity contribution < 1.29 is 26.3 Å². The van der Waals surface area contributed by atoms with E-state index in [9.17, 15) is 26.3 Å². The predicted molar refractivity (Wildman–Crippen MR) is 98.2 cm³/mol. The van der Waals surface area contributed by atoms with Crippen molar-refractivity contribution in [3.8, 4) is 0 Å². The lowest BCUT2D eigenvalue weighted by molar-refractivity contribution is -0.139. The first-order chi connectivity index (χ1) is 12.7. The Morgan fingerprint density at radius 1 is 0.786 bits per heavy atom. The maximum absolute atomic E-state index is 13.9. The zero-order chi connectivity index (χ0) is 21.3. The molecule has 0 spiro atoms. The summed E-state index contributed by atoms with van der Waals surface area (Å²) in [6.45, 7) is 7.10. The minimum atomic E-state index is -4.50. The van der Waals surface area contributed by atoms with Crippen LogP contribution in [0.5, 0.6) is 0 Å². The highest BCUT2D eigenvalue weighted by Crippen LogP contribution is 2.42. The van der Waals surface area contributed by atoms with Gasteiger partial charge in [0, 0.05) is 0 Å². The minimum Gasteiger partial charge on any atom is -0.166 e. The van der Waals surface area contributed by atoms with Crippen molar-refractivity contribution in [3.05, 3.63) is 70.3 Å². The van der Waals surface area contributed by atoms with Crippen molar-refractivity contribution >= 4 is 0 Å². The molecule has 0 fully saturated rings. The number of hydrogen-bond donors (Lipinski definition) is 0. The zero-order valence-corrected chi connectivity index (χ0v) is 16.3. The van der Waals surface area contributed by atoms with Gasteiger partial charge in [-0.15, -0.1) is 0 Å². The van der Waals surface area contributed by atoms with Crippen LogP contribution in [-0.4, -0.2) is 0 Å². The Hall–Kier alpha value is -1.98. The van der Waals surface area contributed by atoms with Gasteiger partial charge in [0.2, 0.25) is 0 Å². The number of alkyl halides is 6. The van der Waals surface area contributed by atoms with Gasteiger partial charge in [0.25, 0.3) is 0 Å². The smallest absolute Gasteiger partial charge is 0.166 e. The lowest BCUT2D eigenvalue weighted by Crippen LogP contribution is -2.27. The van der Waals surface area contributed by atoms with Gasteiger partial charge in [-0.05, 0) is 53.0 Å². The summed E-state index contributed by atoms with van der Waals surface area (Å²) >= 11 is 0. The molecule has 154 valence electrons. The fraction of sp³-hybridized carbons (Fsp3) is 0.455. The molecular formula is C22H24F6. The molecule has 2 rings (SSSR count). The van der Waals surface area contributed by atoms with Crippen molar-refractivity contribution in [2.45, 2.75) is 58.3 Å². The summed E-state index contributed by atoms with van der Waals surface area (Å²) in [7, 11) is 0. The molecule has 0 N–H and O–H groups in total. The highest BCUT2D eigenvalue weighted by Gasteiger charge is 2.40. The Labute approximate surface area is 161 Å². The minimum absolute atomic E-state index is 0.0642. The van der Waals surface area contributed by atoms with Crippen LogP contribution >= 0.6 is 0 Å². The average molecular weight is 402 g/mol. The van der Waals surface area contributed by atoms with Crippen LogP contribution in [0, 0.1) is 5.92 Å². The van der Waals surface area contributed by atoms with Gasteiger partial charge in [-0.25, -0.2) is 0 Å². The average Bonchev–Trinajstić information content (AvgIpc) is 2.52. The Morgan fingerprint density at radius 2 is 1.36 bits per heavy atom. The number of halogens is 6. The highest BCUT2D eigenvalue weighted by molar-refractivity contribution is 5.43.